The van der Waals surface area contributed by atoms with Gasteiger partial charge in [0.05, 0.1) is 13.7 Å². The van der Waals surface area contributed by atoms with Crippen molar-refractivity contribution in [3.05, 3.63) is 47.9 Å². The van der Waals surface area contributed by atoms with Gasteiger partial charge in [-0.2, -0.15) is 0 Å². The molecule has 0 unspecified atom stereocenters. The lowest BCUT2D eigenvalue weighted by atomic mass is 10.0. The maximum absolute atomic E-state index is 13.3. The molecule has 17 heavy (non-hydrogen) atoms. The van der Waals surface area contributed by atoms with Gasteiger partial charge in [-0.3, -0.25) is 0 Å². The third-order valence-corrected chi connectivity index (χ3v) is 2.42. The zero-order valence-corrected chi connectivity index (χ0v) is 9.35. The molecular formula is C13H12FNO2. The third kappa shape index (κ3) is 2.60. The molecule has 0 amide bonds. The monoisotopic (exact) mass is 233 g/mol. The van der Waals surface area contributed by atoms with E-state index in [2.05, 4.69) is 4.98 Å². The standard InChI is InChI=1S/C13H12FNO2/c1-17-13-3-2-10(7-15-13)11-4-9(8-16)5-12(14)6-11/h2-7,16H,8H2,1H3. The van der Waals surface area contributed by atoms with E-state index in [1.807, 2.05) is 0 Å². The Morgan fingerprint density at radius 3 is 2.65 bits per heavy atom. The van der Waals surface area contributed by atoms with Crippen LogP contribution in [0.5, 0.6) is 5.88 Å². The number of benzene rings is 1. The quantitative estimate of drug-likeness (QED) is 0.885. The second-order valence-electron chi connectivity index (χ2n) is 3.60. The average molecular weight is 233 g/mol. The van der Waals surface area contributed by atoms with Crippen molar-refractivity contribution in [1.82, 2.24) is 4.98 Å². The molecular weight excluding hydrogens is 221 g/mol. The van der Waals surface area contributed by atoms with Crippen molar-refractivity contribution in [2.75, 3.05) is 7.11 Å². The molecule has 0 aliphatic heterocycles. The summed E-state index contributed by atoms with van der Waals surface area (Å²) in [4.78, 5) is 4.05. The Labute approximate surface area is 98.5 Å². The van der Waals surface area contributed by atoms with Crippen LogP contribution in [0.15, 0.2) is 36.5 Å². The Hall–Kier alpha value is -1.94. The summed E-state index contributed by atoms with van der Waals surface area (Å²) < 4.78 is 18.2. The number of pyridine rings is 1. The highest BCUT2D eigenvalue weighted by Gasteiger charge is 2.03. The van der Waals surface area contributed by atoms with Crippen LogP contribution in [-0.2, 0) is 6.61 Å². The molecule has 1 aromatic heterocycles. The number of aliphatic hydroxyl groups is 1. The van der Waals surface area contributed by atoms with Gasteiger partial charge >= 0.3 is 0 Å². The normalized spacial score (nSPS) is 10.3. The Morgan fingerprint density at radius 1 is 1.24 bits per heavy atom. The first-order chi connectivity index (χ1) is 8.22. The highest BCUT2D eigenvalue weighted by atomic mass is 19.1. The van der Waals surface area contributed by atoms with Crippen LogP contribution < -0.4 is 4.74 Å². The van der Waals surface area contributed by atoms with Crippen LogP contribution in [0.4, 0.5) is 4.39 Å². The van der Waals surface area contributed by atoms with E-state index in [4.69, 9.17) is 9.84 Å². The van der Waals surface area contributed by atoms with Crippen molar-refractivity contribution in [2.24, 2.45) is 0 Å². The van der Waals surface area contributed by atoms with Crippen LogP contribution in [-0.4, -0.2) is 17.2 Å². The summed E-state index contributed by atoms with van der Waals surface area (Å²) >= 11 is 0. The molecule has 0 radical (unpaired) electrons. The minimum Gasteiger partial charge on any atom is -0.481 e. The largest absolute Gasteiger partial charge is 0.481 e. The number of aromatic nitrogens is 1. The van der Waals surface area contributed by atoms with E-state index >= 15 is 0 Å². The molecule has 2 rings (SSSR count). The number of hydrogen-bond donors (Lipinski definition) is 1. The van der Waals surface area contributed by atoms with Crippen molar-refractivity contribution >= 4 is 0 Å². The molecule has 1 heterocycles. The summed E-state index contributed by atoms with van der Waals surface area (Å²) in [5, 5.41) is 9.01. The van der Waals surface area contributed by atoms with Crippen molar-refractivity contribution in [3.63, 3.8) is 0 Å². The highest BCUT2D eigenvalue weighted by molar-refractivity contribution is 5.63. The summed E-state index contributed by atoms with van der Waals surface area (Å²) in [5.74, 6) is 0.134. The third-order valence-electron chi connectivity index (χ3n) is 2.42. The molecule has 88 valence electrons. The first kappa shape index (κ1) is 11.5. The summed E-state index contributed by atoms with van der Waals surface area (Å²) in [6.45, 7) is -0.186. The molecule has 1 aromatic carbocycles. The smallest absolute Gasteiger partial charge is 0.212 e. The fraction of sp³-hybridized carbons (Fsp3) is 0.154. The molecule has 4 heteroatoms. The number of methoxy groups -OCH3 is 1. The average Bonchev–Trinajstić information content (AvgIpc) is 2.38. The van der Waals surface area contributed by atoms with Gasteiger partial charge in [0.25, 0.3) is 0 Å². The molecule has 0 aliphatic rings. The molecule has 2 aromatic rings. The van der Waals surface area contributed by atoms with Crippen LogP contribution >= 0.6 is 0 Å². The molecule has 0 fully saturated rings. The molecule has 0 spiro atoms. The van der Waals surface area contributed by atoms with E-state index in [1.54, 1.807) is 24.4 Å². The molecule has 1 N–H and O–H groups in total. The molecule has 0 aliphatic carbocycles. The lowest BCUT2D eigenvalue weighted by molar-refractivity contribution is 0.281. The van der Waals surface area contributed by atoms with Crippen LogP contribution in [0, 0.1) is 5.82 Å². The number of nitrogens with zero attached hydrogens (tertiary/aromatic N) is 1. The van der Waals surface area contributed by atoms with E-state index < -0.39 is 0 Å². The minimum atomic E-state index is -0.373. The number of halogens is 1. The summed E-state index contributed by atoms with van der Waals surface area (Å²) in [5.41, 5.74) is 2.00. The van der Waals surface area contributed by atoms with Crippen LogP contribution in [0.3, 0.4) is 0 Å². The SMILES string of the molecule is COc1ccc(-c2cc(F)cc(CO)c2)cn1. The van der Waals surface area contributed by atoms with Crippen molar-refractivity contribution < 1.29 is 14.2 Å². The van der Waals surface area contributed by atoms with E-state index in [0.29, 0.717) is 17.0 Å². The molecule has 0 saturated carbocycles. The number of aliphatic hydroxyl groups excluding tert-OH is 1. The minimum absolute atomic E-state index is 0.186. The second-order valence-corrected chi connectivity index (χ2v) is 3.60. The lowest BCUT2D eigenvalue weighted by Crippen LogP contribution is -1.90. The molecule has 3 nitrogen and oxygen atoms in total. The van der Waals surface area contributed by atoms with Crippen molar-refractivity contribution in [2.45, 2.75) is 6.61 Å². The van der Waals surface area contributed by atoms with Gasteiger partial charge in [0.2, 0.25) is 5.88 Å². The maximum atomic E-state index is 13.3. The van der Waals surface area contributed by atoms with Crippen LogP contribution in [0.25, 0.3) is 11.1 Å². The van der Waals surface area contributed by atoms with Crippen LogP contribution in [0.1, 0.15) is 5.56 Å². The van der Waals surface area contributed by atoms with Gasteiger partial charge in [-0.1, -0.05) is 0 Å². The van der Waals surface area contributed by atoms with Crippen LogP contribution in [0.2, 0.25) is 0 Å². The summed E-state index contributed by atoms with van der Waals surface area (Å²) in [6.07, 6.45) is 1.61. The molecule has 0 bridgehead atoms. The lowest BCUT2D eigenvalue weighted by Gasteiger charge is -2.05. The van der Waals surface area contributed by atoms with Gasteiger partial charge < -0.3 is 9.84 Å². The summed E-state index contributed by atoms with van der Waals surface area (Å²) in [7, 11) is 1.54. The summed E-state index contributed by atoms with van der Waals surface area (Å²) in [6, 6.07) is 7.94. The van der Waals surface area contributed by atoms with E-state index in [1.165, 1.54) is 19.2 Å². The Kier molecular flexibility index (Phi) is 3.35. The molecule has 0 atom stereocenters. The zero-order valence-electron chi connectivity index (χ0n) is 9.35. The first-order valence-electron chi connectivity index (χ1n) is 5.13. The van der Waals surface area contributed by atoms with Gasteiger partial charge in [0, 0.05) is 17.8 Å². The predicted molar refractivity (Wildman–Crippen MR) is 62.1 cm³/mol. The maximum Gasteiger partial charge on any atom is 0.212 e. The van der Waals surface area contributed by atoms with Crippen molar-refractivity contribution in [1.29, 1.82) is 0 Å². The number of ether oxygens (including phenoxy) is 1. The Morgan fingerprint density at radius 2 is 2.06 bits per heavy atom. The van der Waals surface area contributed by atoms with Gasteiger partial charge in [-0.05, 0) is 35.4 Å². The Balaban J connectivity index is 2.41. The fourth-order valence-electron chi connectivity index (χ4n) is 1.58. The van der Waals surface area contributed by atoms with Gasteiger partial charge in [0.15, 0.2) is 0 Å². The number of hydrogen-bond acceptors (Lipinski definition) is 3. The first-order valence-corrected chi connectivity index (χ1v) is 5.13. The van der Waals surface area contributed by atoms with Gasteiger partial charge in [-0.25, -0.2) is 9.37 Å². The van der Waals surface area contributed by atoms with E-state index in [-0.39, 0.29) is 12.4 Å². The Bertz CT molecular complexity index is 511. The highest BCUT2D eigenvalue weighted by Crippen LogP contribution is 2.22. The van der Waals surface area contributed by atoms with Crippen molar-refractivity contribution in [3.8, 4) is 17.0 Å². The van der Waals surface area contributed by atoms with E-state index in [9.17, 15) is 4.39 Å². The number of rotatable bonds is 3. The van der Waals surface area contributed by atoms with Gasteiger partial charge in [-0.15, -0.1) is 0 Å². The van der Waals surface area contributed by atoms with E-state index in [0.717, 1.165) is 5.56 Å². The fourth-order valence-corrected chi connectivity index (χ4v) is 1.58. The predicted octanol–water partition coefficient (Wildman–Crippen LogP) is 2.39. The second kappa shape index (κ2) is 4.93. The zero-order chi connectivity index (χ0) is 12.3. The topological polar surface area (TPSA) is 42.4 Å². The van der Waals surface area contributed by atoms with Gasteiger partial charge in [0.1, 0.15) is 5.82 Å². The molecule has 0 saturated heterocycles.